The number of aliphatic carboxylic acids is 1. The highest BCUT2D eigenvalue weighted by Crippen LogP contribution is 2.40. The number of carboxylic acid groups (broad SMARTS) is 1. The number of ether oxygens (including phenoxy) is 3. The summed E-state index contributed by atoms with van der Waals surface area (Å²) in [5.74, 6) is -0.724. The molecule has 1 atom stereocenters. The van der Waals surface area contributed by atoms with Crippen molar-refractivity contribution in [1.29, 1.82) is 0 Å². The van der Waals surface area contributed by atoms with Gasteiger partial charge in [-0.1, -0.05) is 0 Å². The predicted molar refractivity (Wildman–Crippen MR) is 125 cm³/mol. The van der Waals surface area contributed by atoms with Gasteiger partial charge in [0.1, 0.15) is 11.8 Å². The fourth-order valence-corrected chi connectivity index (χ4v) is 3.90. The molecule has 0 radical (unpaired) electrons. The van der Waals surface area contributed by atoms with Crippen LogP contribution in [0.1, 0.15) is 35.0 Å². The summed E-state index contributed by atoms with van der Waals surface area (Å²) in [6, 6.07) is 9.04. The first kappa shape index (κ1) is 24.7. The van der Waals surface area contributed by atoms with Crippen molar-refractivity contribution in [2.75, 3.05) is 20.8 Å². The summed E-state index contributed by atoms with van der Waals surface area (Å²) in [6.45, 7) is -0.332. The van der Waals surface area contributed by atoms with Crippen molar-refractivity contribution >= 4 is 17.6 Å². The Morgan fingerprint density at radius 3 is 2.56 bits per heavy atom. The zero-order chi connectivity index (χ0) is 25.7. The Morgan fingerprint density at radius 1 is 1.17 bits per heavy atom. The van der Waals surface area contributed by atoms with Crippen LogP contribution < -0.4 is 19.5 Å². The van der Waals surface area contributed by atoms with Crippen LogP contribution in [0.15, 0.2) is 52.1 Å². The van der Waals surface area contributed by atoms with Gasteiger partial charge in [0.25, 0.3) is 0 Å². The van der Waals surface area contributed by atoms with E-state index in [2.05, 4.69) is 15.3 Å². The van der Waals surface area contributed by atoms with Gasteiger partial charge in [0.2, 0.25) is 17.6 Å². The lowest BCUT2D eigenvalue weighted by Crippen LogP contribution is -2.24. The van der Waals surface area contributed by atoms with E-state index in [1.807, 2.05) is 0 Å². The number of amides is 1. The summed E-state index contributed by atoms with van der Waals surface area (Å²) < 4.78 is 35.3. The second-order valence-corrected chi connectivity index (χ2v) is 7.91. The fourth-order valence-electron chi connectivity index (χ4n) is 3.90. The summed E-state index contributed by atoms with van der Waals surface area (Å²) in [6.07, 6.45) is 1.81. The number of aromatic nitrogens is 1. The molecule has 0 bridgehead atoms. The number of hydrogen-bond donors (Lipinski definition) is 2. The third-order valence-electron chi connectivity index (χ3n) is 5.48. The quantitative estimate of drug-likeness (QED) is 0.386. The molecule has 3 aromatic rings. The number of aliphatic imine (C=N–C) groups is 1. The Labute approximate surface area is 205 Å². The molecule has 36 heavy (non-hydrogen) atoms. The minimum absolute atomic E-state index is 0.0116. The highest BCUT2D eigenvalue weighted by atomic mass is 19.1. The molecule has 1 unspecified atom stereocenters. The highest BCUT2D eigenvalue weighted by molar-refractivity contribution is 6.05. The van der Waals surface area contributed by atoms with Crippen LogP contribution >= 0.6 is 0 Å². The van der Waals surface area contributed by atoms with Crippen LogP contribution in [0.5, 0.6) is 17.2 Å². The van der Waals surface area contributed by atoms with Crippen molar-refractivity contribution in [3.05, 3.63) is 71.2 Å². The SMILES string of the molecule is COc1cc(CC2=NC(CC(=O)NCc3ccco3)c3nc(F)ccc32)cc(OC)c1OCC(=O)O. The van der Waals surface area contributed by atoms with E-state index in [0.29, 0.717) is 29.2 Å². The van der Waals surface area contributed by atoms with E-state index in [1.165, 1.54) is 26.5 Å². The van der Waals surface area contributed by atoms with Gasteiger partial charge < -0.3 is 29.1 Å². The van der Waals surface area contributed by atoms with E-state index in [0.717, 1.165) is 5.56 Å². The highest BCUT2D eigenvalue weighted by Gasteiger charge is 2.29. The Hall–Kier alpha value is -4.41. The first-order valence-electron chi connectivity index (χ1n) is 11.0. The maximum Gasteiger partial charge on any atom is 0.341 e. The van der Waals surface area contributed by atoms with Gasteiger partial charge in [-0.15, -0.1) is 0 Å². The Kier molecular flexibility index (Phi) is 7.47. The zero-order valence-corrected chi connectivity index (χ0v) is 19.6. The monoisotopic (exact) mass is 497 g/mol. The molecule has 1 amide bonds. The van der Waals surface area contributed by atoms with Gasteiger partial charge in [-0.05, 0) is 42.0 Å². The Morgan fingerprint density at radius 2 is 1.92 bits per heavy atom. The predicted octanol–water partition coefficient (Wildman–Crippen LogP) is 3.09. The number of benzene rings is 1. The van der Waals surface area contributed by atoms with Crippen molar-refractivity contribution < 1.29 is 37.7 Å². The summed E-state index contributed by atoms with van der Waals surface area (Å²) in [5, 5.41) is 11.7. The third-order valence-corrected chi connectivity index (χ3v) is 5.48. The number of furan rings is 1. The molecule has 1 aliphatic rings. The largest absolute Gasteiger partial charge is 0.493 e. The number of rotatable bonds is 11. The maximum absolute atomic E-state index is 14.0. The molecule has 1 aromatic carbocycles. The van der Waals surface area contributed by atoms with Gasteiger partial charge >= 0.3 is 5.97 Å². The molecule has 1 aliphatic heterocycles. The lowest BCUT2D eigenvalue weighted by molar-refractivity contribution is -0.139. The minimum atomic E-state index is -1.14. The van der Waals surface area contributed by atoms with Gasteiger partial charge in [-0.3, -0.25) is 9.79 Å². The van der Waals surface area contributed by atoms with Gasteiger partial charge in [0, 0.05) is 17.7 Å². The van der Waals surface area contributed by atoms with Gasteiger partial charge in [-0.25, -0.2) is 9.78 Å². The van der Waals surface area contributed by atoms with E-state index >= 15 is 0 Å². The minimum Gasteiger partial charge on any atom is -0.493 e. The Balaban J connectivity index is 1.56. The summed E-state index contributed by atoms with van der Waals surface area (Å²) in [4.78, 5) is 32.2. The van der Waals surface area contributed by atoms with E-state index in [9.17, 15) is 14.0 Å². The lowest BCUT2D eigenvalue weighted by atomic mass is 10.0. The van der Waals surface area contributed by atoms with Gasteiger partial charge in [0.15, 0.2) is 18.1 Å². The molecule has 11 heteroatoms. The second kappa shape index (κ2) is 10.9. The number of hydrogen-bond acceptors (Lipinski definition) is 8. The number of carboxylic acids is 1. The molecule has 3 heterocycles. The number of fused-ring (bicyclic) bond motifs is 1. The molecule has 2 N–H and O–H groups in total. The first-order chi connectivity index (χ1) is 17.4. The topological polar surface area (TPSA) is 132 Å². The van der Waals surface area contributed by atoms with Crippen LogP contribution in [-0.4, -0.2) is 48.5 Å². The second-order valence-electron chi connectivity index (χ2n) is 7.91. The summed E-state index contributed by atoms with van der Waals surface area (Å²) >= 11 is 0. The molecule has 0 saturated heterocycles. The summed E-state index contributed by atoms with van der Waals surface area (Å²) in [7, 11) is 2.86. The Bertz CT molecular complexity index is 1270. The van der Waals surface area contributed by atoms with Crippen LogP contribution in [-0.2, 0) is 22.6 Å². The average molecular weight is 497 g/mol. The van der Waals surface area contributed by atoms with Crippen LogP contribution in [0, 0.1) is 5.95 Å². The fraction of sp³-hybridized carbons (Fsp3) is 0.280. The molecule has 0 saturated carbocycles. The van der Waals surface area contributed by atoms with Crippen molar-refractivity contribution in [1.82, 2.24) is 10.3 Å². The smallest absolute Gasteiger partial charge is 0.341 e. The van der Waals surface area contributed by atoms with Crippen molar-refractivity contribution in [2.24, 2.45) is 4.99 Å². The number of halogens is 1. The molecule has 188 valence electrons. The van der Waals surface area contributed by atoms with E-state index in [-0.39, 0.29) is 36.1 Å². The molecular formula is C25H24FN3O7. The molecule has 0 fully saturated rings. The zero-order valence-electron chi connectivity index (χ0n) is 19.6. The van der Waals surface area contributed by atoms with Crippen LogP contribution in [0.25, 0.3) is 0 Å². The number of nitrogens with zero attached hydrogens (tertiary/aromatic N) is 2. The van der Waals surface area contributed by atoms with Crippen molar-refractivity contribution in [3.8, 4) is 17.2 Å². The molecule has 0 spiro atoms. The number of methoxy groups -OCH3 is 2. The van der Waals surface area contributed by atoms with E-state index in [4.69, 9.17) is 23.7 Å². The molecule has 10 nitrogen and oxygen atoms in total. The van der Waals surface area contributed by atoms with Gasteiger partial charge in [-0.2, -0.15) is 4.39 Å². The molecule has 0 aliphatic carbocycles. The summed E-state index contributed by atoms with van der Waals surface area (Å²) in [5.41, 5.74) is 2.37. The number of nitrogens with one attached hydrogen (secondary N) is 1. The van der Waals surface area contributed by atoms with Gasteiger partial charge in [0.05, 0.1) is 39.1 Å². The molecule has 4 rings (SSSR count). The third kappa shape index (κ3) is 5.62. The van der Waals surface area contributed by atoms with E-state index < -0.39 is 24.6 Å². The maximum atomic E-state index is 14.0. The van der Waals surface area contributed by atoms with E-state index in [1.54, 1.807) is 30.3 Å². The normalized spacial score (nSPS) is 14.1. The molecular weight excluding hydrogens is 473 g/mol. The van der Waals surface area contributed by atoms with Crippen LogP contribution in [0.4, 0.5) is 4.39 Å². The first-order valence-corrected chi connectivity index (χ1v) is 11.0. The van der Waals surface area contributed by atoms with Crippen molar-refractivity contribution in [3.63, 3.8) is 0 Å². The number of pyridine rings is 1. The number of carbonyl (C=O) groups excluding carboxylic acids is 1. The molecule has 2 aromatic heterocycles. The average Bonchev–Trinajstić information content (AvgIpc) is 3.49. The lowest BCUT2D eigenvalue weighted by Gasteiger charge is -2.15. The van der Waals surface area contributed by atoms with Crippen molar-refractivity contribution in [2.45, 2.75) is 25.4 Å². The van der Waals surface area contributed by atoms with Crippen LogP contribution in [0.3, 0.4) is 0 Å². The number of carbonyl (C=O) groups is 2. The standard InChI is InChI=1S/C25H24FN3O7/c1-33-19-9-14(10-20(34-2)25(19)36-13-23(31)32)8-17-16-5-6-21(26)29-24(16)18(28-17)11-22(30)27-12-15-4-3-7-35-15/h3-7,9-10,18H,8,11-13H2,1-2H3,(H,27,30)(H,31,32). The van der Waals surface area contributed by atoms with Crippen LogP contribution in [0.2, 0.25) is 0 Å².